The summed E-state index contributed by atoms with van der Waals surface area (Å²) < 4.78 is 7.66. The molecule has 1 unspecified atom stereocenters. The largest absolute Gasteiger partial charge is 0.376 e. The lowest BCUT2D eigenvalue weighted by molar-refractivity contribution is 0.0857. The van der Waals surface area contributed by atoms with Crippen LogP contribution >= 0.6 is 11.3 Å². The molecule has 1 aliphatic heterocycles. The topological polar surface area (TPSA) is 43.3 Å². The van der Waals surface area contributed by atoms with Crippen molar-refractivity contribution >= 4 is 17.2 Å². The van der Waals surface area contributed by atoms with Gasteiger partial charge in [-0.3, -0.25) is 4.79 Å². The van der Waals surface area contributed by atoms with Crippen molar-refractivity contribution in [1.29, 1.82) is 0 Å². The van der Waals surface area contributed by atoms with Gasteiger partial charge in [0.05, 0.1) is 11.7 Å². The van der Waals surface area contributed by atoms with Crippen molar-refractivity contribution in [1.82, 2.24) is 9.88 Å². The minimum absolute atomic E-state index is 0.0543. The lowest BCUT2D eigenvalue weighted by atomic mass is 10.1. The number of hydrogen-bond acceptors (Lipinski definition) is 3. The number of rotatable bonds is 4. The first-order valence-corrected chi connectivity index (χ1v) is 8.82. The molecule has 2 aliphatic rings. The zero-order chi connectivity index (χ0) is 14.9. The van der Waals surface area contributed by atoms with Crippen LogP contribution in [0.1, 0.15) is 40.1 Å². The summed E-state index contributed by atoms with van der Waals surface area (Å²) in [4.78, 5) is 14.1. The Morgan fingerprint density at radius 2 is 2.18 bits per heavy atom. The first-order chi connectivity index (χ1) is 10.8. The van der Waals surface area contributed by atoms with Crippen LogP contribution in [0.5, 0.6) is 0 Å². The number of aryl methyl sites for hydroxylation is 1. The zero-order valence-corrected chi connectivity index (χ0v) is 13.3. The molecule has 1 aliphatic carbocycles. The van der Waals surface area contributed by atoms with Gasteiger partial charge in [0.1, 0.15) is 5.00 Å². The predicted octanol–water partition coefficient (Wildman–Crippen LogP) is 2.94. The van der Waals surface area contributed by atoms with Crippen molar-refractivity contribution in [2.45, 2.75) is 38.2 Å². The third-order valence-corrected chi connectivity index (χ3v) is 5.79. The number of aromatic nitrogens is 1. The third-order valence-electron chi connectivity index (χ3n) is 4.48. The van der Waals surface area contributed by atoms with Gasteiger partial charge < -0.3 is 14.6 Å². The number of nitrogens with one attached hydrogen (secondary N) is 1. The molecule has 116 valence electrons. The second-order valence-corrected chi connectivity index (χ2v) is 7.06. The summed E-state index contributed by atoms with van der Waals surface area (Å²) >= 11 is 1.76. The van der Waals surface area contributed by atoms with Crippen LogP contribution in [0.25, 0.3) is 5.00 Å². The third kappa shape index (κ3) is 2.48. The monoisotopic (exact) mass is 316 g/mol. The van der Waals surface area contributed by atoms with E-state index in [0.717, 1.165) is 42.9 Å². The van der Waals surface area contributed by atoms with Gasteiger partial charge in [-0.25, -0.2) is 0 Å². The Labute approximate surface area is 134 Å². The number of carbonyl (C=O) groups excluding carboxylic acids is 1. The summed E-state index contributed by atoms with van der Waals surface area (Å²) in [5.41, 5.74) is 2.14. The van der Waals surface area contributed by atoms with Gasteiger partial charge >= 0.3 is 0 Å². The molecule has 1 fully saturated rings. The molecule has 0 spiro atoms. The van der Waals surface area contributed by atoms with E-state index in [4.69, 9.17) is 4.74 Å². The maximum absolute atomic E-state index is 12.8. The summed E-state index contributed by atoms with van der Waals surface area (Å²) in [5, 5.41) is 4.14. The number of carbonyl (C=O) groups is 1. The minimum atomic E-state index is 0.0543. The molecule has 2 aromatic rings. The summed E-state index contributed by atoms with van der Waals surface area (Å²) in [7, 11) is 0. The Kier molecular flexibility index (Phi) is 3.76. The molecule has 0 aromatic carbocycles. The molecule has 4 rings (SSSR count). The fourth-order valence-electron chi connectivity index (χ4n) is 3.38. The highest BCUT2D eigenvalue weighted by molar-refractivity contribution is 7.15. The molecule has 1 saturated heterocycles. The van der Waals surface area contributed by atoms with Crippen molar-refractivity contribution in [3.8, 4) is 5.00 Å². The van der Waals surface area contributed by atoms with Gasteiger partial charge in [-0.15, -0.1) is 11.3 Å². The molecule has 0 saturated carbocycles. The normalized spacial score (nSPS) is 20.3. The molecule has 22 heavy (non-hydrogen) atoms. The molecule has 1 atom stereocenters. The Balaban J connectivity index is 1.60. The van der Waals surface area contributed by atoms with E-state index in [2.05, 4.69) is 9.88 Å². The quantitative estimate of drug-likeness (QED) is 0.942. The number of thiophene rings is 1. The molecular formula is C17H20N2O2S. The molecule has 5 heteroatoms. The van der Waals surface area contributed by atoms with Crippen molar-refractivity contribution in [2.24, 2.45) is 0 Å². The molecule has 4 nitrogen and oxygen atoms in total. The van der Waals surface area contributed by atoms with Crippen LogP contribution in [0.4, 0.5) is 0 Å². The van der Waals surface area contributed by atoms with Crippen LogP contribution in [-0.4, -0.2) is 29.7 Å². The van der Waals surface area contributed by atoms with E-state index in [0.29, 0.717) is 6.54 Å². The maximum Gasteiger partial charge on any atom is 0.254 e. The minimum Gasteiger partial charge on any atom is -0.376 e. The van der Waals surface area contributed by atoms with Crippen LogP contribution in [0.3, 0.4) is 0 Å². The van der Waals surface area contributed by atoms with Crippen molar-refractivity contribution < 1.29 is 9.53 Å². The van der Waals surface area contributed by atoms with Gasteiger partial charge in [-0.1, -0.05) is 0 Å². The lowest BCUT2D eigenvalue weighted by Gasteiger charge is -2.12. The van der Waals surface area contributed by atoms with Gasteiger partial charge in [0.15, 0.2) is 0 Å². The molecule has 0 radical (unpaired) electrons. The van der Waals surface area contributed by atoms with E-state index in [1.54, 1.807) is 11.3 Å². The molecule has 1 amide bonds. The van der Waals surface area contributed by atoms with Crippen LogP contribution in [0, 0.1) is 0 Å². The molecule has 2 aromatic heterocycles. The van der Waals surface area contributed by atoms with Crippen molar-refractivity contribution in [3.63, 3.8) is 0 Å². The van der Waals surface area contributed by atoms with Crippen molar-refractivity contribution in [3.05, 3.63) is 40.5 Å². The summed E-state index contributed by atoms with van der Waals surface area (Å²) in [6, 6.07) is 4.00. The van der Waals surface area contributed by atoms with Gasteiger partial charge in [-0.05, 0) is 49.8 Å². The van der Waals surface area contributed by atoms with Crippen LogP contribution in [0.15, 0.2) is 24.5 Å². The van der Waals surface area contributed by atoms with Gasteiger partial charge in [-0.2, -0.15) is 0 Å². The smallest absolute Gasteiger partial charge is 0.254 e. The van der Waals surface area contributed by atoms with Crippen LogP contribution in [-0.2, 0) is 17.6 Å². The summed E-state index contributed by atoms with van der Waals surface area (Å²) in [6.07, 6.45) is 9.65. The van der Waals surface area contributed by atoms with E-state index in [9.17, 15) is 4.79 Å². The molecular weight excluding hydrogens is 296 g/mol. The Bertz CT molecular complexity index is 669. The first kappa shape index (κ1) is 14.0. The molecule has 3 heterocycles. The fourth-order valence-corrected chi connectivity index (χ4v) is 4.73. The summed E-state index contributed by atoms with van der Waals surface area (Å²) in [5.74, 6) is 0.0543. The Morgan fingerprint density at radius 1 is 1.32 bits per heavy atom. The van der Waals surface area contributed by atoms with Gasteiger partial charge in [0.2, 0.25) is 0 Å². The van der Waals surface area contributed by atoms with Crippen LogP contribution in [0.2, 0.25) is 0 Å². The van der Waals surface area contributed by atoms with E-state index < -0.39 is 0 Å². The summed E-state index contributed by atoms with van der Waals surface area (Å²) in [6.45, 7) is 1.44. The predicted molar refractivity (Wildman–Crippen MR) is 87.0 cm³/mol. The highest BCUT2D eigenvalue weighted by Gasteiger charge is 2.27. The average molecular weight is 316 g/mol. The molecule has 0 bridgehead atoms. The fraction of sp³-hybridized carbons (Fsp3) is 0.471. The highest BCUT2D eigenvalue weighted by Crippen LogP contribution is 2.37. The van der Waals surface area contributed by atoms with Crippen LogP contribution < -0.4 is 5.32 Å². The standard InChI is InChI=1S/C17H20N2O2S/c20-16(18-11-12-5-4-10-21-12)15-13-6-3-7-14(13)22-17(15)19-8-1-2-9-19/h1-2,8-9,12H,3-7,10-11H2,(H,18,20). The average Bonchev–Trinajstić information content (AvgIpc) is 3.27. The highest BCUT2D eigenvalue weighted by atomic mass is 32.1. The molecule has 1 N–H and O–H groups in total. The number of ether oxygens (including phenoxy) is 1. The zero-order valence-electron chi connectivity index (χ0n) is 12.5. The van der Waals surface area contributed by atoms with E-state index >= 15 is 0 Å². The van der Waals surface area contributed by atoms with Gasteiger partial charge in [0, 0.05) is 30.4 Å². The van der Waals surface area contributed by atoms with E-state index in [1.807, 2.05) is 24.5 Å². The lowest BCUT2D eigenvalue weighted by Crippen LogP contribution is -2.32. The maximum atomic E-state index is 12.8. The number of amides is 1. The number of nitrogens with zero attached hydrogens (tertiary/aromatic N) is 1. The first-order valence-electron chi connectivity index (χ1n) is 8.00. The van der Waals surface area contributed by atoms with Crippen molar-refractivity contribution in [2.75, 3.05) is 13.2 Å². The van der Waals surface area contributed by atoms with E-state index in [1.165, 1.54) is 16.9 Å². The van der Waals surface area contributed by atoms with E-state index in [-0.39, 0.29) is 12.0 Å². The number of fused-ring (bicyclic) bond motifs is 1. The Hall–Kier alpha value is -1.59. The number of hydrogen-bond donors (Lipinski definition) is 1. The van der Waals surface area contributed by atoms with Gasteiger partial charge in [0.25, 0.3) is 5.91 Å². The SMILES string of the molecule is O=C(NCC1CCCO1)c1c(-n2cccc2)sc2c1CCC2. The Morgan fingerprint density at radius 3 is 2.95 bits per heavy atom. The second-order valence-electron chi connectivity index (χ2n) is 5.97. The second kappa shape index (κ2) is 5.89.